The number of piperazine rings is 1. The van der Waals surface area contributed by atoms with E-state index in [2.05, 4.69) is 15.8 Å². The van der Waals surface area contributed by atoms with E-state index < -0.39 is 0 Å². The van der Waals surface area contributed by atoms with Crippen LogP contribution in [-0.2, 0) is 0 Å². The van der Waals surface area contributed by atoms with Crippen LogP contribution in [-0.4, -0.2) is 55.2 Å². The molecule has 2 saturated heterocycles. The molecule has 2 aromatic carbocycles. The van der Waals surface area contributed by atoms with Crippen molar-refractivity contribution in [3.63, 3.8) is 0 Å². The maximum atomic E-state index is 13.1. The molecule has 2 heterocycles. The van der Waals surface area contributed by atoms with Crippen molar-refractivity contribution in [1.82, 2.24) is 20.7 Å². The minimum Gasteiger partial charge on any atom is -0.496 e. The topological polar surface area (TPSA) is 56.8 Å². The number of benzene rings is 2. The van der Waals surface area contributed by atoms with E-state index in [0.717, 1.165) is 25.1 Å². The summed E-state index contributed by atoms with van der Waals surface area (Å²) in [4.78, 5) is 17.1. The first-order valence-electron chi connectivity index (χ1n) is 9.68. The van der Waals surface area contributed by atoms with Gasteiger partial charge in [0.1, 0.15) is 11.6 Å². The van der Waals surface area contributed by atoms with Crippen LogP contribution in [0.3, 0.4) is 0 Å². The summed E-state index contributed by atoms with van der Waals surface area (Å²) in [7, 11) is 1.55. The van der Waals surface area contributed by atoms with E-state index >= 15 is 0 Å². The van der Waals surface area contributed by atoms with E-state index in [9.17, 15) is 9.18 Å². The normalized spacial score (nSPS) is 22.7. The third kappa shape index (κ3) is 4.38. The zero-order chi connectivity index (χ0) is 20.4. The summed E-state index contributed by atoms with van der Waals surface area (Å²) in [6, 6.07) is 11.8. The first kappa shape index (κ1) is 20.1. The summed E-state index contributed by atoms with van der Waals surface area (Å²) in [5.74, 6) is 0.240. The largest absolute Gasteiger partial charge is 0.496 e. The van der Waals surface area contributed by atoms with E-state index in [1.807, 2.05) is 17.0 Å². The molecule has 6 nitrogen and oxygen atoms in total. The number of methoxy groups -OCH3 is 1. The number of halogens is 2. The molecule has 2 atom stereocenters. The van der Waals surface area contributed by atoms with Gasteiger partial charge in [0.15, 0.2) is 0 Å². The zero-order valence-electron chi connectivity index (χ0n) is 16.2. The van der Waals surface area contributed by atoms with E-state index in [1.165, 1.54) is 12.1 Å². The van der Waals surface area contributed by atoms with Crippen molar-refractivity contribution in [1.29, 1.82) is 0 Å². The van der Waals surface area contributed by atoms with Gasteiger partial charge >= 0.3 is 0 Å². The van der Waals surface area contributed by atoms with Gasteiger partial charge < -0.3 is 9.64 Å². The van der Waals surface area contributed by atoms with Crippen LogP contribution in [0.5, 0.6) is 5.75 Å². The van der Waals surface area contributed by atoms with Gasteiger partial charge in [0, 0.05) is 37.2 Å². The predicted octanol–water partition coefficient (Wildman–Crippen LogP) is 2.81. The molecular formula is C21H24ClFN4O2. The number of hydrogen-bond donors (Lipinski definition) is 2. The number of ether oxygens (including phenoxy) is 1. The first-order valence-corrected chi connectivity index (χ1v) is 10.1. The molecule has 2 unspecified atom stereocenters. The van der Waals surface area contributed by atoms with E-state index in [4.69, 9.17) is 16.3 Å². The number of carbonyl (C=O) groups excluding carboxylic acids is 1. The van der Waals surface area contributed by atoms with Crippen molar-refractivity contribution in [2.24, 2.45) is 0 Å². The molecule has 2 aromatic rings. The molecule has 0 aliphatic carbocycles. The van der Waals surface area contributed by atoms with Crippen LogP contribution < -0.4 is 15.6 Å². The minimum absolute atomic E-state index is 0.0642. The summed E-state index contributed by atoms with van der Waals surface area (Å²) >= 11 is 6.07. The molecule has 8 heteroatoms. The van der Waals surface area contributed by atoms with Gasteiger partial charge in [0.2, 0.25) is 0 Å². The van der Waals surface area contributed by atoms with Crippen LogP contribution in [0.25, 0.3) is 0 Å². The quantitative estimate of drug-likeness (QED) is 0.799. The molecule has 4 rings (SSSR count). The fourth-order valence-electron chi connectivity index (χ4n) is 3.95. The average Bonchev–Trinajstić information content (AvgIpc) is 3.24. The standard InChI is InChI=1S/C21H24ClFN4O2/c1-29-19-7-4-15(22)12-17(19)21(28)27-10-8-26(9-11-27)20-13-18(24-25-20)14-2-5-16(23)6-3-14/h2-7,12,18,20,24-25H,8-11,13H2,1H3. The first-order chi connectivity index (χ1) is 14.0. The summed E-state index contributed by atoms with van der Waals surface area (Å²) < 4.78 is 18.5. The molecule has 1 amide bonds. The number of amides is 1. The Bertz CT molecular complexity index is 871. The van der Waals surface area contributed by atoms with Crippen molar-refractivity contribution in [3.8, 4) is 5.75 Å². The number of nitrogens with zero attached hydrogens (tertiary/aromatic N) is 2. The summed E-state index contributed by atoms with van der Waals surface area (Å²) in [5, 5.41) is 0.515. The molecule has 0 saturated carbocycles. The SMILES string of the molecule is COc1ccc(Cl)cc1C(=O)N1CCN(C2CC(c3ccc(F)cc3)NN2)CC1. The number of hydrazine groups is 1. The maximum absolute atomic E-state index is 13.1. The summed E-state index contributed by atoms with van der Waals surface area (Å²) in [6.07, 6.45) is 1.05. The molecule has 2 N–H and O–H groups in total. The van der Waals surface area contributed by atoms with Crippen molar-refractivity contribution < 1.29 is 13.9 Å². The maximum Gasteiger partial charge on any atom is 0.257 e. The third-order valence-corrected chi connectivity index (χ3v) is 5.82. The molecule has 154 valence electrons. The van der Waals surface area contributed by atoms with Crippen LogP contribution in [0.2, 0.25) is 5.02 Å². The molecular weight excluding hydrogens is 395 g/mol. The number of carbonyl (C=O) groups is 1. The Kier molecular flexibility index (Phi) is 6.01. The van der Waals surface area contributed by atoms with E-state index in [0.29, 0.717) is 29.4 Å². The smallest absolute Gasteiger partial charge is 0.257 e. The molecule has 2 aliphatic rings. The fourth-order valence-corrected chi connectivity index (χ4v) is 4.12. The second-order valence-corrected chi connectivity index (χ2v) is 7.75. The fraction of sp³-hybridized carbons (Fsp3) is 0.381. The number of hydrogen-bond acceptors (Lipinski definition) is 5. The molecule has 0 spiro atoms. The van der Waals surface area contributed by atoms with Crippen LogP contribution in [0, 0.1) is 5.82 Å². The minimum atomic E-state index is -0.228. The van der Waals surface area contributed by atoms with E-state index in [-0.39, 0.29) is 23.9 Å². The van der Waals surface area contributed by atoms with Gasteiger partial charge in [-0.05, 0) is 42.3 Å². The molecule has 0 bridgehead atoms. The summed E-state index contributed by atoms with van der Waals surface area (Å²) in [6.45, 7) is 2.80. The third-order valence-electron chi connectivity index (χ3n) is 5.59. The predicted molar refractivity (Wildman–Crippen MR) is 109 cm³/mol. The highest BCUT2D eigenvalue weighted by molar-refractivity contribution is 6.31. The number of rotatable bonds is 4. The Morgan fingerprint density at radius 3 is 2.52 bits per heavy atom. The lowest BCUT2D eigenvalue weighted by atomic mass is 10.0. The van der Waals surface area contributed by atoms with Gasteiger partial charge in [-0.2, -0.15) is 0 Å². The Labute approximate surface area is 174 Å². The van der Waals surface area contributed by atoms with Gasteiger partial charge in [0.05, 0.1) is 18.8 Å². The van der Waals surface area contributed by atoms with Gasteiger partial charge in [0.25, 0.3) is 5.91 Å². The second-order valence-electron chi connectivity index (χ2n) is 7.32. The molecule has 0 aromatic heterocycles. The lowest BCUT2D eigenvalue weighted by Crippen LogP contribution is -2.55. The van der Waals surface area contributed by atoms with Gasteiger partial charge in [-0.1, -0.05) is 23.7 Å². The highest BCUT2D eigenvalue weighted by Gasteiger charge is 2.33. The lowest BCUT2D eigenvalue weighted by molar-refractivity contribution is 0.0542. The highest BCUT2D eigenvalue weighted by atomic mass is 35.5. The van der Waals surface area contributed by atoms with Crippen molar-refractivity contribution in [2.45, 2.75) is 18.6 Å². The second kappa shape index (κ2) is 8.67. The van der Waals surface area contributed by atoms with Crippen LogP contribution >= 0.6 is 11.6 Å². The van der Waals surface area contributed by atoms with Crippen molar-refractivity contribution >= 4 is 17.5 Å². The molecule has 29 heavy (non-hydrogen) atoms. The Hall–Kier alpha value is -2.19. The van der Waals surface area contributed by atoms with Gasteiger partial charge in [-0.25, -0.2) is 15.2 Å². The van der Waals surface area contributed by atoms with Crippen LogP contribution in [0.4, 0.5) is 4.39 Å². The number of nitrogens with one attached hydrogen (secondary N) is 2. The molecule has 2 aliphatic heterocycles. The molecule has 2 fully saturated rings. The van der Waals surface area contributed by atoms with Crippen molar-refractivity contribution in [2.75, 3.05) is 33.3 Å². The van der Waals surface area contributed by atoms with Crippen LogP contribution in [0.1, 0.15) is 28.4 Å². The van der Waals surface area contributed by atoms with Gasteiger partial charge in [-0.3, -0.25) is 9.69 Å². The van der Waals surface area contributed by atoms with E-state index in [1.54, 1.807) is 25.3 Å². The van der Waals surface area contributed by atoms with Gasteiger partial charge in [-0.15, -0.1) is 0 Å². The summed E-state index contributed by atoms with van der Waals surface area (Å²) in [5.41, 5.74) is 8.18. The monoisotopic (exact) mass is 418 g/mol. The lowest BCUT2D eigenvalue weighted by Gasteiger charge is -2.37. The molecule has 0 radical (unpaired) electrons. The van der Waals surface area contributed by atoms with Crippen molar-refractivity contribution in [3.05, 3.63) is 64.4 Å². The zero-order valence-corrected chi connectivity index (χ0v) is 17.0. The average molecular weight is 419 g/mol. The van der Waals surface area contributed by atoms with Crippen LogP contribution in [0.15, 0.2) is 42.5 Å². The highest BCUT2D eigenvalue weighted by Crippen LogP contribution is 2.27. The Morgan fingerprint density at radius 1 is 1.10 bits per heavy atom. The Balaban J connectivity index is 1.34. The Morgan fingerprint density at radius 2 is 1.83 bits per heavy atom.